The topological polar surface area (TPSA) is 41.5 Å². The van der Waals surface area contributed by atoms with Gasteiger partial charge in [0.25, 0.3) is 5.91 Å². The predicted octanol–water partition coefficient (Wildman–Crippen LogP) is 4.37. The van der Waals surface area contributed by atoms with E-state index in [9.17, 15) is 9.18 Å². The molecule has 3 nitrogen and oxygen atoms in total. The molecule has 1 amide bonds. The number of amides is 1. The third kappa shape index (κ3) is 3.21. The van der Waals surface area contributed by atoms with Crippen LogP contribution in [-0.4, -0.2) is 11.1 Å². The minimum absolute atomic E-state index is 0.185. The molecule has 1 fully saturated rings. The van der Waals surface area contributed by atoms with Crippen molar-refractivity contribution in [2.75, 3.05) is 0 Å². The van der Waals surface area contributed by atoms with Gasteiger partial charge in [0.2, 0.25) is 0 Å². The normalized spacial score (nSPS) is 18.0. The average molecular weight is 333 g/mol. The average Bonchev–Trinajstić information content (AvgIpc) is 2.84. The number of benzene rings is 2. The molecule has 3 rings (SSSR count). The molecule has 0 aromatic heterocycles. The molecule has 1 heterocycles. The molecule has 110 valence electrons. The number of thioether (sulfide) groups is 1. The molecule has 1 aliphatic heterocycles. The van der Waals surface area contributed by atoms with Gasteiger partial charge in [-0.15, -0.1) is 0 Å². The first-order valence-electron chi connectivity index (χ1n) is 6.42. The molecule has 2 aromatic carbocycles. The van der Waals surface area contributed by atoms with E-state index in [1.54, 1.807) is 30.3 Å². The maximum atomic E-state index is 13.6. The Hall–Kier alpha value is -2.11. The monoisotopic (exact) mass is 332 g/mol. The Balaban J connectivity index is 1.88. The van der Waals surface area contributed by atoms with E-state index < -0.39 is 5.82 Å². The summed E-state index contributed by atoms with van der Waals surface area (Å²) >= 11 is 7.22. The lowest BCUT2D eigenvalue weighted by molar-refractivity contribution is -0.115. The molecule has 0 bridgehead atoms. The van der Waals surface area contributed by atoms with Crippen LogP contribution in [0.15, 0.2) is 58.4 Å². The molecule has 0 unspecified atom stereocenters. The van der Waals surface area contributed by atoms with Crippen LogP contribution in [0, 0.1) is 5.82 Å². The van der Waals surface area contributed by atoms with Crippen molar-refractivity contribution in [2.24, 2.45) is 4.99 Å². The zero-order chi connectivity index (χ0) is 15.5. The number of hydrogen-bond donors (Lipinski definition) is 1. The molecule has 1 aliphatic rings. The number of aliphatic imine (C=N–C) groups is 1. The van der Waals surface area contributed by atoms with Gasteiger partial charge in [-0.05, 0) is 41.6 Å². The van der Waals surface area contributed by atoms with Crippen molar-refractivity contribution >= 4 is 46.2 Å². The highest BCUT2D eigenvalue weighted by Crippen LogP contribution is 2.30. The Morgan fingerprint density at radius 3 is 2.64 bits per heavy atom. The van der Waals surface area contributed by atoms with Crippen LogP contribution in [0.3, 0.4) is 0 Å². The summed E-state index contributed by atoms with van der Waals surface area (Å²) in [7, 11) is 0. The highest BCUT2D eigenvalue weighted by Gasteiger charge is 2.24. The number of carbonyl (C=O) groups excluding carboxylic acids is 1. The van der Waals surface area contributed by atoms with Gasteiger partial charge in [-0.3, -0.25) is 4.79 Å². The third-order valence-corrected chi connectivity index (χ3v) is 4.17. The maximum absolute atomic E-state index is 13.6. The van der Waals surface area contributed by atoms with Crippen LogP contribution in [0.4, 0.5) is 10.1 Å². The summed E-state index contributed by atoms with van der Waals surface area (Å²) in [5.41, 5.74) is 0.929. The molecule has 1 N–H and O–H groups in total. The van der Waals surface area contributed by atoms with E-state index in [2.05, 4.69) is 10.3 Å². The molecule has 2 aromatic rings. The third-order valence-electron chi connectivity index (χ3n) is 2.92. The first-order valence-corrected chi connectivity index (χ1v) is 7.61. The summed E-state index contributed by atoms with van der Waals surface area (Å²) in [6, 6.07) is 13.4. The number of carbonyl (C=O) groups is 1. The molecule has 1 saturated heterocycles. The number of rotatable bonds is 2. The summed E-state index contributed by atoms with van der Waals surface area (Å²) < 4.78 is 13.6. The summed E-state index contributed by atoms with van der Waals surface area (Å²) in [4.78, 5) is 16.5. The number of halogens is 2. The molecule has 0 aliphatic carbocycles. The van der Waals surface area contributed by atoms with Crippen LogP contribution in [0.2, 0.25) is 5.02 Å². The fraction of sp³-hybridized carbons (Fsp3) is 0. The number of para-hydroxylation sites is 1. The Bertz CT molecular complexity index is 804. The van der Waals surface area contributed by atoms with E-state index in [0.717, 1.165) is 17.3 Å². The molecule has 0 spiro atoms. The molecular formula is C16H10ClFN2OS. The Kier molecular flexibility index (Phi) is 4.27. The molecule has 0 atom stereocenters. The number of hydrogen-bond acceptors (Lipinski definition) is 3. The fourth-order valence-electron chi connectivity index (χ4n) is 1.87. The summed E-state index contributed by atoms with van der Waals surface area (Å²) in [6.45, 7) is 0. The highest BCUT2D eigenvalue weighted by atomic mass is 35.5. The van der Waals surface area contributed by atoms with Crippen molar-refractivity contribution in [1.82, 2.24) is 5.32 Å². The lowest BCUT2D eigenvalue weighted by Gasteiger charge is -1.98. The van der Waals surface area contributed by atoms with E-state index in [4.69, 9.17) is 11.6 Å². The lowest BCUT2D eigenvalue weighted by atomic mass is 10.2. The van der Waals surface area contributed by atoms with Crippen LogP contribution >= 0.6 is 23.4 Å². The molecule has 22 heavy (non-hydrogen) atoms. The van der Waals surface area contributed by atoms with Crippen LogP contribution in [0.1, 0.15) is 5.56 Å². The Labute approximate surface area is 135 Å². The van der Waals surface area contributed by atoms with Crippen molar-refractivity contribution in [3.8, 4) is 0 Å². The smallest absolute Gasteiger partial charge is 0.264 e. The first-order chi connectivity index (χ1) is 10.6. The Morgan fingerprint density at radius 1 is 1.14 bits per heavy atom. The second kappa shape index (κ2) is 6.34. The van der Waals surface area contributed by atoms with Gasteiger partial charge in [0.15, 0.2) is 5.17 Å². The Morgan fingerprint density at radius 2 is 1.86 bits per heavy atom. The van der Waals surface area contributed by atoms with E-state index in [0.29, 0.717) is 15.1 Å². The predicted molar refractivity (Wildman–Crippen MR) is 88.7 cm³/mol. The summed E-state index contributed by atoms with van der Waals surface area (Å²) in [6.07, 6.45) is 1.69. The van der Waals surface area contributed by atoms with Crippen molar-refractivity contribution in [3.05, 3.63) is 69.8 Å². The fourth-order valence-corrected chi connectivity index (χ4v) is 2.88. The standard InChI is InChI=1S/C16H10ClFN2OS/c17-11-6-2-1-5-10(11)9-14-15(21)20-16(22-14)19-13-8-4-3-7-12(13)18/h1-9H,(H,19,20,21)/b14-9-. The summed E-state index contributed by atoms with van der Waals surface area (Å²) in [5, 5.41) is 3.51. The number of nitrogens with zero attached hydrogens (tertiary/aromatic N) is 1. The molecule has 6 heteroatoms. The van der Waals surface area contributed by atoms with Gasteiger partial charge in [-0.1, -0.05) is 41.9 Å². The van der Waals surface area contributed by atoms with Crippen molar-refractivity contribution in [3.63, 3.8) is 0 Å². The van der Waals surface area contributed by atoms with Crippen molar-refractivity contribution in [1.29, 1.82) is 0 Å². The van der Waals surface area contributed by atoms with Gasteiger partial charge in [-0.2, -0.15) is 0 Å². The zero-order valence-corrected chi connectivity index (χ0v) is 12.8. The highest BCUT2D eigenvalue weighted by molar-refractivity contribution is 8.18. The van der Waals surface area contributed by atoms with E-state index in [1.807, 2.05) is 18.2 Å². The minimum atomic E-state index is -0.437. The maximum Gasteiger partial charge on any atom is 0.264 e. The van der Waals surface area contributed by atoms with Gasteiger partial charge in [0.1, 0.15) is 11.5 Å². The quantitative estimate of drug-likeness (QED) is 0.830. The van der Waals surface area contributed by atoms with Crippen LogP contribution in [0.5, 0.6) is 0 Å². The lowest BCUT2D eigenvalue weighted by Crippen LogP contribution is -2.19. The van der Waals surface area contributed by atoms with Crippen LogP contribution in [0.25, 0.3) is 6.08 Å². The van der Waals surface area contributed by atoms with E-state index in [1.165, 1.54) is 6.07 Å². The second-order valence-corrected chi connectivity index (χ2v) is 5.89. The van der Waals surface area contributed by atoms with Gasteiger partial charge in [0, 0.05) is 5.02 Å². The largest absolute Gasteiger partial charge is 0.300 e. The van der Waals surface area contributed by atoms with Crippen LogP contribution < -0.4 is 5.32 Å². The van der Waals surface area contributed by atoms with Crippen molar-refractivity contribution < 1.29 is 9.18 Å². The van der Waals surface area contributed by atoms with Crippen LogP contribution in [-0.2, 0) is 4.79 Å². The van der Waals surface area contributed by atoms with E-state index >= 15 is 0 Å². The molecule has 0 saturated carbocycles. The molecule has 0 radical (unpaired) electrons. The number of nitrogens with one attached hydrogen (secondary N) is 1. The number of amidine groups is 1. The van der Waals surface area contributed by atoms with E-state index in [-0.39, 0.29) is 11.6 Å². The SMILES string of the molecule is O=C1NC(=Nc2ccccc2F)S/C1=C\c1ccccc1Cl. The van der Waals surface area contributed by atoms with Gasteiger partial charge >= 0.3 is 0 Å². The first kappa shape index (κ1) is 14.8. The molecular weight excluding hydrogens is 323 g/mol. The van der Waals surface area contributed by atoms with Gasteiger partial charge in [0.05, 0.1) is 4.91 Å². The van der Waals surface area contributed by atoms with Gasteiger partial charge in [-0.25, -0.2) is 9.38 Å². The van der Waals surface area contributed by atoms with Gasteiger partial charge < -0.3 is 5.32 Å². The minimum Gasteiger partial charge on any atom is -0.300 e. The summed E-state index contributed by atoms with van der Waals surface area (Å²) in [5.74, 6) is -0.714. The zero-order valence-electron chi connectivity index (χ0n) is 11.2. The second-order valence-electron chi connectivity index (χ2n) is 4.45. The van der Waals surface area contributed by atoms with Crippen molar-refractivity contribution in [2.45, 2.75) is 0 Å².